The van der Waals surface area contributed by atoms with Crippen LogP contribution in [0.5, 0.6) is 0 Å². The fraction of sp³-hybridized carbons (Fsp3) is 0.690. The lowest BCUT2D eigenvalue weighted by molar-refractivity contribution is -0.301. The molecule has 1 fully saturated rings. The summed E-state index contributed by atoms with van der Waals surface area (Å²) in [5.74, 6) is -3.25. The summed E-state index contributed by atoms with van der Waals surface area (Å²) in [4.78, 5) is 51.3. The maximum atomic E-state index is 13.2. The number of hydrogen-bond acceptors (Lipinski definition) is 11. The lowest BCUT2D eigenvalue weighted by Crippen LogP contribution is -2.61. The summed E-state index contributed by atoms with van der Waals surface area (Å²) in [6.07, 6.45) is 66.3. The number of rotatable bonds is 55. The van der Waals surface area contributed by atoms with Crippen molar-refractivity contribution in [2.75, 3.05) is 13.2 Å². The molecule has 1 heterocycles. The van der Waals surface area contributed by atoms with Gasteiger partial charge in [0.1, 0.15) is 18.8 Å². The standard InChI is InChI=1S/C71H116O12/c1-4-7-10-13-16-19-22-25-28-30-32-34-37-39-42-45-48-51-54-57-63(72)79-60-62(81-64(73)58-55-52-49-46-43-40-36-27-24-21-18-15-12-9-6-3)61-80-71-69(67(76)66(75)68(83-71)70(77)78)82-65(74)59-56-53-50-47-44-41-38-35-33-31-29-26-23-20-17-14-11-8-5-2/h7,10,16,18-19,21,25-29,32,34,36,39,42,48,51,62,66-69,71,75-76H,4-6,8-9,11-15,17,20,22-24,30-31,33,35,37-38,40-41,43-47,49-50,52-61H2,1-3H3,(H,77,78)/b10-7-,19-16-,21-18-,28-25-,29-26-,34-32-,36-27-,42-39-,51-48-. The van der Waals surface area contributed by atoms with Gasteiger partial charge in [0.05, 0.1) is 6.61 Å². The molecule has 0 saturated carbocycles. The predicted molar refractivity (Wildman–Crippen MR) is 340 cm³/mol. The van der Waals surface area contributed by atoms with E-state index in [1.807, 2.05) is 12.2 Å². The predicted octanol–water partition coefficient (Wildman–Crippen LogP) is 17.8. The zero-order valence-electron chi connectivity index (χ0n) is 52.2. The quantitative estimate of drug-likeness (QED) is 0.0228. The van der Waals surface area contributed by atoms with Crippen molar-refractivity contribution in [1.29, 1.82) is 0 Å². The molecule has 83 heavy (non-hydrogen) atoms. The van der Waals surface area contributed by atoms with Gasteiger partial charge in [-0.3, -0.25) is 14.4 Å². The molecule has 0 aromatic heterocycles. The molecule has 472 valence electrons. The first-order chi connectivity index (χ1) is 40.6. The molecular weight excluding hydrogens is 1040 g/mol. The number of aliphatic hydroxyl groups is 2. The van der Waals surface area contributed by atoms with E-state index >= 15 is 0 Å². The van der Waals surface area contributed by atoms with Crippen molar-refractivity contribution in [2.45, 2.75) is 302 Å². The van der Waals surface area contributed by atoms with Gasteiger partial charge < -0.3 is 39.0 Å². The SMILES string of the molecule is CC/C=C\C/C=C\C/C=C\C/C=C\C/C=C\C/C=C\CCC(=O)OCC(COC1OC(C(=O)O)C(O)C(O)C1OC(=O)CCCCCCCCCCC/C=C\CCCCCCCC)OC(=O)CCCCCCC/C=C\C/C=C\CCCCC. The highest BCUT2D eigenvalue weighted by Gasteiger charge is 2.50. The Morgan fingerprint density at radius 1 is 0.410 bits per heavy atom. The van der Waals surface area contributed by atoms with Gasteiger partial charge in [-0.25, -0.2) is 4.79 Å². The molecule has 3 N–H and O–H groups in total. The highest BCUT2D eigenvalue weighted by Crippen LogP contribution is 2.26. The van der Waals surface area contributed by atoms with Gasteiger partial charge >= 0.3 is 23.9 Å². The van der Waals surface area contributed by atoms with E-state index in [0.29, 0.717) is 19.3 Å². The number of unbranched alkanes of at least 4 members (excludes halogenated alkanes) is 23. The van der Waals surface area contributed by atoms with Crippen LogP contribution in [0.15, 0.2) is 109 Å². The van der Waals surface area contributed by atoms with Gasteiger partial charge in [-0.15, -0.1) is 0 Å². The molecule has 6 atom stereocenters. The molecule has 0 radical (unpaired) electrons. The van der Waals surface area contributed by atoms with Crippen molar-refractivity contribution < 1.29 is 58.2 Å². The van der Waals surface area contributed by atoms with Crippen LogP contribution >= 0.6 is 0 Å². The third-order valence-electron chi connectivity index (χ3n) is 14.3. The van der Waals surface area contributed by atoms with Crippen molar-refractivity contribution in [3.63, 3.8) is 0 Å². The van der Waals surface area contributed by atoms with Crippen molar-refractivity contribution in [1.82, 2.24) is 0 Å². The first-order valence-electron chi connectivity index (χ1n) is 32.9. The minimum atomic E-state index is -1.92. The molecule has 1 aliphatic rings. The Kier molecular flexibility index (Phi) is 53.2. The van der Waals surface area contributed by atoms with Crippen LogP contribution in [0.4, 0.5) is 0 Å². The van der Waals surface area contributed by atoms with E-state index in [9.17, 15) is 34.5 Å². The Morgan fingerprint density at radius 3 is 1.24 bits per heavy atom. The summed E-state index contributed by atoms with van der Waals surface area (Å²) in [7, 11) is 0. The summed E-state index contributed by atoms with van der Waals surface area (Å²) in [5, 5.41) is 31.6. The van der Waals surface area contributed by atoms with Crippen molar-refractivity contribution in [3.8, 4) is 0 Å². The average Bonchev–Trinajstić information content (AvgIpc) is 3.57. The molecule has 1 rings (SSSR count). The highest BCUT2D eigenvalue weighted by atomic mass is 16.7. The van der Waals surface area contributed by atoms with Gasteiger partial charge in [-0.05, 0) is 116 Å². The Labute approximate surface area is 504 Å². The first-order valence-corrected chi connectivity index (χ1v) is 32.9. The molecule has 1 saturated heterocycles. The Morgan fingerprint density at radius 2 is 0.783 bits per heavy atom. The third-order valence-corrected chi connectivity index (χ3v) is 14.3. The van der Waals surface area contributed by atoms with Crippen molar-refractivity contribution in [3.05, 3.63) is 109 Å². The molecule has 1 aliphatic heterocycles. The fourth-order valence-electron chi connectivity index (χ4n) is 9.30. The van der Waals surface area contributed by atoms with Crippen molar-refractivity contribution in [2.24, 2.45) is 0 Å². The van der Waals surface area contributed by atoms with Gasteiger partial charge in [0.25, 0.3) is 0 Å². The molecule has 0 bridgehead atoms. The molecule has 0 amide bonds. The number of carboxylic acids is 1. The second-order valence-corrected chi connectivity index (χ2v) is 22.0. The van der Waals surface area contributed by atoms with Crippen LogP contribution < -0.4 is 0 Å². The monoisotopic (exact) mass is 1160 g/mol. The number of aliphatic carboxylic acids is 1. The molecule has 0 aliphatic carbocycles. The Balaban J connectivity index is 2.71. The normalized spacial score (nSPS) is 18.3. The molecule has 0 aromatic rings. The maximum Gasteiger partial charge on any atom is 0.335 e. The van der Waals surface area contributed by atoms with Gasteiger partial charge in [-0.1, -0.05) is 239 Å². The fourth-order valence-corrected chi connectivity index (χ4v) is 9.30. The maximum absolute atomic E-state index is 13.2. The highest BCUT2D eigenvalue weighted by molar-refractivity contribution is 5.74. The smallest absolute Gasteiger partial charge is 0.335 e. The minimum absolute atomic E-state index is 0.0453. The Bertz CT molecular complexity index is 1860. The number of carbonyl (C=O) groups excluding carboxylic acids is 3. The first kappa shape index (κ1) is 76.4. The van der Waals surface area contributed by atoms with Gasteiger partial charge in [0, 0.05) is 19.3 Å². The van der Waals surface area contributed by atoms with E-state index in [4.69, 9.17) is 23.7 Å². The van der Waals surface area contributed by atoms with Gasteiger partial charge in [0.2, 0.25) is 0 Å². The van der Waals surface area contributed by atoms with Crippen molar-refractivity contribution >= 4 is 23.9 Å². The second-order valence-electron chi connectivity index (χ2n) is 22.0. The number of allylic oxidation sites excluding steroid dienone is 18. The number of esters is 3. The summed E-state index contributed by atoms with van der Waals surface area (Å²) >= 11 is 0. The number of carbonyl (C=O) groups is 4. The van der Waals surface area contributed by atoms with Crippen LogP contribution in [0.25, 0.3) is 0 Å². The van der Waals surface area contributed by atoms with E-state index in [-0.39, 0.29) is 25.9 Å². The molecule has 0 aromatic carbocycles. The second kappa shape index (κ2) is 57.8. The summed E-state index contributed by atoms with van der Waals surface area (Å²) in [5.41, 5.74) is 0. The number of ether oxygens (including phenoxy) is 5. The van der Waals surface area contributed by atoms with Gasteiger partial charge in [0.15, 0.2) is 24.6 Å². The Hall–Kier alpha value is -4.62. The topological polar surface area (TPSA) is 175 Å². The van der Waals surface area contributed by atoms with Crippen LogP contribution in [0.1, 0.15) is 265 Å². The van der Waals surface area contributed by atoms with Crippen LogP contribution in [0.2, 0.25) is 0 Å². The van der Waals surface area contributed by atoms with Crippen LogP contribution in [0.3, 0.4) is 0 Å². The lowest BCUT2D eigenvalue weighted by Gasteiger charge is -2.40. The number of hydrogen-bond donors (Lipinski definition) is 3. The zero-order valence-corrected chi connectivity index (χ0v) is 52.2. The van der Waals surface area contributed by atoms with E-state index in [1.165, 1.54) is 89.9 Å². The van der Waals surface area contributed by atoms with Crippen LogP contribution in [-0.2, 0) is 42.9 Å². The van der Waals surface area contributed by atoms with Gasteiger partial charge in [-0.2, -0.15) is 0 Å². The molecular formula is C71H116O12. The average molecular weight is 1160 g/mol. The minimum Gasteiger partial charge on any atom is -0.479 e. The molecule has 6 unspecified atom stereocenters. The third kappa shape index (κ3) is 47.3. The van der Waals surface area contributed by atoms with E-state index < -0.39 is 67.3 Å². The zero-order chi connectivity index (χ0) is 60.3. The van der Waals surface area contributed by atoms with E-state index in [1.54, 1.807) is 0 Å². The summed E-state index contributed by atoms with van der Waals surface area (Å²) in [6.45, 7) is 5.79. The molecule has 0 spiro atoms. The summed E-state index contributed by atoms with van der Waals surface area (Å²) < 4.78 is 28.4. The summed E-state index contributed by atoms with van der Waals surface area (Å²) in [6, 6.07) is 0. The lowest BCUT2D eigenvalue weighted by atomic mass is 9.98. The van der Waals surface area contributed by atoms with E-state index in [2.05, 4.69) is 118 Å². The molecule has 12 heteroatoms. The number of aliphatic hydroxyl groups excluding tert-OH is 2. The van der Waals surface area contributed by atoms with E-state index in [0.717, 1.165) is 116 Å². The van der Waals surface area contributed by atoms with Crippen LogP contribution in [-0.4, -0.2) is 89.2 Å². The largest absolute Gasteiger partial charge is 0.479 e. The number of carboxylic acid groups (broad SMARTS) is 1. The van der Waals surface area contributed by atoms with Crippen LogP contribution in [0, 0.1) is 0 Å². The molecule has 12 nitrogen and oxygen atoms in total.